The van der Waals surface area contributed by atoms with Crippen LogP contribution in [-0.4, -0.2) is 40.0 Å². The Morgan fingerprint density at radius 3 is 2.63 bits per heavy atom. The molecule has 1 saturated heterocycles. The molecule has 0 unspecified atom stereocenters. The highest BCUT2D eigenvalue weighted by Gasteiger charge is 2.23. The zero-order valence-corrected chi connectivity index (χ0v) is 17.0. The Hall–Kier alpha value is -1.89. The van der Waals surface area contributed by atoms with Crippen molar-refractivity contribution in [1.82, 2.24) is 14.5 Å². The molecule has 0 radical (unpaired) electrons. The smallest absolute Gasteiger partial charge is 0.264 e. The average Bonchev–Trinajstić information content (AvgIpc) is 3.05. The van der Waals surface area contributed by atoms with Crippen molar-refractivity contribution < 1.29 is 4.79 Å². The van der Waals surface area contributed by atoms with Crippen LogP contribution in [0.15, 0.2) is 4.79 Å². The van der Waals surface area contributed by atoms with Gasteiger partial charge in [0.25, 0.3) is 5.56 Å². The van der Waals surface area contributed by atoms with Crippen molar-refractivity contribution >= 4 is 33.4 Å². The Bertz CT molecular complexity index is 909. The first kappa shape index (κ1) is 18.5. The van der Waals surface area contributed by atoms with Gasteiger partial charge in [-0.2, -0.15) is 0 Å². The Balaban J connectivity index is 1.66. The summed E-state index contributed by atoms with van der Waals surface area (Å²) in [4.78, 5) is 34.6. The van der Waals surface area contributed by atoms with Crippen molar-refractivity contribution in [2.75, 3.05) is 25.0 Å². The highest BCUT2D eigenvalue weighted by atomic mass is 32.1. The van der Waals surface area contributed by atoms with E-state index in [0.717, 1.165) is 55.4 Å². The van der Waals surface area contributed by atoms with Crippen LogP contribution in [0.1, 0.15) is 62.4 Å². The molecule has 1 amide bonds. The molecule has 0 aromatic carbocycles. The third kappa shape index (κ3) is 3.49. The summed E-state index contributed by atoms with van der Waals surface area (Å²) in [6.45, 7) is 5.84. The van der Waals surface area contributed by atoms with Gasteiger partial charge >= 0.3 is 0 Å². The minimum atomic E-state index is -0.0128. The van der Waals surface area contributed by atoms with Crippen LogP contribution in [-0.2, 0) is 17.6 Å². The summed E-state index contributed by atoms with van der Waals surface area (Å²) in [6, 6.07) is -0.0128. The van der Waals surface area contributed by atoms with E-state index < -0.39 is 0 Å². The fourth-order valence-electron chi connectivity index (χ4n) is 4.23. The minimum Gasteiger partial charge on any atom is -0.346 e. The first-order valence-corrected chi connectivity index (χ1v) is 11.0. The van der Waals surface area contributed by atoms with E-state index in [9.17, 15) is 9.59 Å². The molecule has 1 fully saturated rings. The van der Waals surface area contributed by atoms with Crippen LogP contribution in [0.2, 0.25) is 0 Å². The van der Waals surface area contributed by atoms with Crippen molar-refractivity contribution in [3.8, 4) is 0 Å². The van der Waals surface area contributed by atoms with Crippen LogP contribution in [0.3, 0.4) is 0 Å². The molecule has 2 aromatic rings. The molecule has 2 aromatic heterocycles. The Morgan fingerprint density at radius 1 is 1.15 bits per heavy atom. The topological polar surface area (TPSA) is 67.2 Å². The van der Waals surface area contributed by atoms with Crippen molar-refractivity contribution in [3.05, 3.63) is 20.8 Å². The maximum absolute atomic E-state index is 13.3. The van der Waals surface area contributed by atoms with E-state index in [-0.39, 0.29) is 24.1 Å². The lowest BCUT2D eigenvalue weighted by molar-refractivity contribution is -0.130. The summed E-state index contributed by atoms with van der Waals surface area (Å²) >= 11 is 1.65. The average molecular weight is 389 g/mol. The number of aromatic nitrogens is 2. The lowest BCUT2D eigenvalue weighted by atomic mass is 9.97. The van der Waals surface area contributed by atoms with E-state index in [0.29, 0.717) is 5.95 Å². The van der Waals surface area contributed by atoms with Crippen LogP contribution in [0.25, 0.3) is 10.2 Å². The zero-order valence-electron chi connectivity index (χ0n) is 16.2. The second kappa shape index (κ2) is 7.62. The molecule has 6 nitrogen and oxygen atoms in total. The Labute approximate surface area is 163 Å². The summed E-state index contributed by atoms with van der Waals surface area (Å²) in [6.07, 6.45) is 7.71. The molecule has 7 heteroatoms. The number of rotatable bonds is 4. The first-order valence-electron chi connectivity index (χ1n) is 10.1. The Kier molecular flexibility index (Phi) is 5.21. The van der Waals surface area contributed by atoms with Gasteiger partial charge < -0.3 is 10.2 Å². The van der Waals surface area contributed by atoms with Crippen LogP contribution in [0, 0.1) is 0 Å². The van der Waals surface area contributed by atoms with Crippen molar-refractivity contribution in [2.45, 2.75) is 64.8 Å². The van der Waals surface area contributed by atoms with Crippen LogP contribution >= 0.6 is 11.3 Å². The molecule has 0 saturated carbocycles. The lowest BCUT2D eigenvalue weighted by Crippen LogP contribution is -2.40. The summed E-state index contributed by atoms with van der Waals surface area (Å²) in [5.41, 5.74) is 1.24. The van der Waals surface area contributed by atoms with Gasteiger partial charge in [-0.15, -0.1) is 11.3 Å². The number of nitrogens with one attached hydrogen (secondary N) is 1. The van der Waals surface area contributed by atoms with Gasteiger partial charge in [-0.25, -0.2) is 4.98 Å². The number of piperidine rings is 1. The van der Waals surface area contributed by atoms with Crippen LogP contribution < -0.4 is 10.9 Å². The van der Waals surface area contributed by atoms with E-state index in [1.165, 1.54) is 23.3 Å². The van der Waals surface area contributed by atoms with Crippen molar-refractivity contribution in [2.24, 2.45) is 0 Å². The molecule has 1 aliphatic heterocycles. The normalized spacial score (nSPS) is 17.4. The number of likely N-dealkylation sites (tertiary alicyclic amines) is 1. The number of thiophene rings is 1. The maximum atomic E-state index is 13.3. The van der Waals surface area contributed by atoms with Crippen molar-refractivity contribution in [1.29, 1.82) is 0 Å². The van der Waals surface area contributed by atoms with Gasteiger partial charge in [0, 0.05) is 24.0 Å². The Morgan fingerprint density at radius 2 is 1.89 bits per heavy atom. The van der Waals surface area contributed by atoms with Gasteiger partial charge in [-0.1, -0.05) is 0 Å². The van der Waals surface area contributed by atoms with E-state index >= 15 is 0 Å². The largest absolute Gasteiger partial charge is 0.346 e. The molecule has 146 valence electrons. The van der Waals surface area contributed by atoms with Crippen LogP contribution in [0.4, 0.5) is 5.95 Å². The highest BCUT2D eigenvalue weighted by molar-refractivity contribution is 7.18. The van der Waals surface area contributed by atoms with E-state index in [4.69, 9.17) is 4.98 Å². The summed E-state index contributed by atoms with van der Waals surface area (Å²) in [5, 5.41) is 3.97. The molecule has 1 aliphatic carbocycles. The molecule has 1 N–H and O–H groups in total. The summed E-state index contributed by atoms with van der Waals surface area (Å²) in [7, 11) is 0. The molecule has 4 rings (SSSR count). The molecule has 2 aliphatic rings. The predicted octanol–water partition coefficient (Wildman–Crippen LogP) is 3.34. The van der Waals surface area contributed by atoms with Gasteiger partial charge in [0.05, 0.1) is 11.9 Å². The second-order valence-corrected chi connectivity index (χ2v) is 8.97. The van der Waals surface area contributed by atoms with E-state index in [1.54, 1.807) is 15.9 Å². The fraction of sp³-hybridized carbons (Fsp3) is 0.650. The number of carbonyl (C=O) groups excluding carboxylic acids is 1. The number of carbonyl (C=O) groups is 1. The summed E-state index contributed by atoms with van der Waals surface area (Å²) in [5.74, 6) is 0.608. The molecular formula is C20H28N4O2S. The molecule has 0 atom stereocenters. The molecule has 0 bridgehead atoms. The standard InChI is InChI=1S/C20H28N4O2S/c1-13(2)24-19(26)17-14-8-4-5-9-15(14)27-18(17)22-20(24)21-12-16(25)23-10-6-3-7-11-23/h13H,3-12H2,1-2H3,(H,21,22). The highest BCUT2D eigenvalue weighted by Crippen LogP contribution is 2.34. The third-order valence-corrected chi connectivity index (χ3v) is 6.83. The van der Waals surface area contributed by atoms with Gasteiger partial charge in [0.15, 0.2) is 0 Å². The van der Waals surface area contributed by atoms with Gasteiger partial charge in [0.2, 0.25) is 11.9 Å². The monoisotopic (exact) mass is 388 g/mol. The first-order chi connectivity index (χ1) is 13.1. The predicted molar refractivity (Wildman–Crippen MR) is 110 cm³/mol. The maximum Gasteiger partial charge on any atom is 0.264 e. The number of amides is 1. The molecular weight excluding hydrogens is 360 g/mol. The quantitative estimate of drug-likeness (QED) is 0.872. The van der Waals surface area contributed by atoms with Crippen LogP contribution in [0.5, 0.6) is 0 Å². The number of hydrogen-bond donors (Lipinski definition) is 1. The van der Waals surface area contributed by atoms with E-state index in [2.05, 4.69) is 5.32 Å². The van der Waals surface area contributed by atoms with Gasteiger partial charge in [0.1, 0.15) is 4.83 Å². The van der Waals surface area contributed by atoms with Gasteiger partial charge in [-0.05, 0) is 64.4 Å². The lowest BCUT2D eigenvalue weighted by Gasteiger charge is -2.27. The summed E-state index contributed by atoms with van der Waals surface area (Å²) < 4.78 is 1.72. The minimum absolute atomic E-state index is 0.0128. The SMILES string of the molecule is CC(C)n1c(NCC(=O)N2CCCCC2)nc2sc3c(c2c1=O)CCCC3. The second-order valence-electron chi connectivity index (χ2n) is 7.89. The van der Waals surface area contributed by atoms with Gasteiger partial charge in [-0.3, -0.25) is 14.2 Å². The molecule has 27 heavy (non-hydrogen) atoms. The number of fused-ring (bicyclic) bond motifs is 3. The number of hydrogen-bond acceptors (Lipinski definition) is 5. The third-order valence-electron chi connectivity index (χ3n) is 5.64. The number of nitrogens with zero attached hydrogens (tertiary/aromatic N) is 3. The fourth-order valence-corrected chi connectivity index (χ4v) is 5.48. The number of aryl methyl sites for hydroxylation is 2. The number of anilines is 1. The van der Waals surface area contributed by atoms with Crippen molar-refractivity contribution in [3.63, 3.8) is 0 Å². The molecule has 3 heterocycles. The van der Waals surface area contributed by atoms with E-state index in [1.807, 2.05) is 18.7 Å². The molecule has 0 spiro atoms. The zero-order chi connectivity index (χ0) is 19.0.